The molecule has 0 radical (unpaired) electrons. The average Bonchev–Trinajstić information content (AvgIpc) is 3.72. The van der Waals surface area contributed by atoms with E-state index in [1.807, 2.05) is 105 Å². The summed E-state index contributed by atoms with van der Waals surface area (Å²) in [5, 5.41) is 25.6. The Balaban J connectivity index is 1.44. The van der Waals surface area contributed by atoms with Crippen LogP contribution in [0.1, 0.15) is 5.56 Å². The lowest BCUT2D eigenvalue weighted by atomic mass is 10.2. The van der Waals surface area contributed by atoms with Gasteiger partial charge in [0.15, 0.2) is 16.8 Å². The van der Waals surface area contributed by atoms with E-state index in [0.717, 1.165) is 28.3 Å². The van der Waals surface area contributed by atoms with Crippen molar-refractivity contribution >= 4 is 17.4 Å². The van der Waals surface area contributed by atoms with Gasteiger partial charge in [-0.25, -0.2) is 4.68 Å². The molecule has 0 saturated heterocycles. The molecule has 3 aromatic carbocycles. The van der Waals surface area contributed by atoms with E-state index in [2.05, 4.69) is 10.2 Å². The van der Waals surface area contributed by atoms with Crippen molar-refractivity contribution in [2.75, 3.05) is 0 Å². The second kappa shape index (κ2) is 10.2. The minimum absolute atomic E-state index is 0.0708. The first-order valence-electron chi connectivity index (χ1n) is 11.8. The van der Waals surface area contributed by atoms with Crippen molar-refractivity contribution in [1.29, 1.82) is 0 Å². The maximum absolute atomic E-state index is 11.0. The summed E-state index contributed by atoms with van der Waals surface area (Å²) < 4.78 is 5.93. The number of hydrogen-bond donors (Lipinski definition) is 0. The number of rotatable bonds is 8. The number of thioether (sulfide) groups is 1. The quantitative estimate of drug-likeness (QED) is 0.137. The van der Waals surface area contributed by atoms with Crippen LogP contribution in [0.4, 0.5) is 5.69 Å². The monoisotopic (exact) mass is 519 g/mol. The van der Waals surface area contributed by atoms with Gasteiger partial charge in [-0.1, -0.05) is 60.3 Å². The first-order chi connectivity index (χ1) is 18.7. The highest BCUT2D eigenvalue weighted by Gasteiger charge is 2.23. The Labute approximate surface area is 222 Å². The van der Waals surface area contributed by atoms with Gasteiger partial charge in [-0.05, 0) is 42.0 Å². The molecule has 0 aliphatic rings. The number of nitro benzene ring substituents is 1. The van der Waals surface area contributed by atoms with Gasteiger partial charge >= 0.3 is 0 Å². The standard InChI is InChI=1S/C28H21N7O2S/c36-35(37)24-15-13-21(14-16-24)20-38-28-31-30-26(33(28)22-9-3-1-4-10-22)25-19-29-34(23-11-5-2-6-12-23)27(25)32-17-7-8-18-32/h1-19H,20H2. The predicted molar refractivity (Wildman–Crippen MR) is 146 cm³/mol. The maximum Gasteiger partial charge on any atom is 0.269 e. The summed E-state index contributed by atoms with van der Waals surface area (Å²) in [6.45, 7) is 0. The first-order valence-corrected chi connectivity index (χ1v) is 12.8. The van der Waals surface area contributed by atoms with Crippen LogP contribution in [0.25, 0.3) is 28.6 Å². The summed E-state index contributed by atoms with van der Waals surface area (Å²) in [6.07, 6.45) is 5.78. The lowest BCUT2D eigenvalue weighted by Crippen LogP contribution is -2.06. The maximum atomic E-state index is 11.0. The molecule has 0 bridgehead atoms. The average molecular weight is 520 g/mol. The first kappa shape index (κ1) is 23.4. The summed E-state index contributed by atoms with van der Waals surface area (Å²) in [4.78, 5) is 10.6. The van der Waals surface area contributed by atoms with Gasteiger partial charge < -0.3 is 4.57 Å². The zero-order valence-corrected chi connectivity index (χ0v) is 20.8. The van der Waals surface area contributed by atoms with Gasteiger partial charge in [0.25, 0.3) is 5.69 Å². The van der Waals surface area contributed by atoms with Gasteiger partial charge in [0.05, 0.1) is 22.4 Å². The SMILES string of the molecule is O=[N+]([O-])c1ccc(CSc2nnc(-c3cnn(-c4ccccc4)c3-n3cccc3)n2-c2ccccc2)cc1. The van der Waals surface area contributed by atoms with Gasteiger partial charge in [-0.3, -0.25) is 14.7 Å². The summed E-state index contributed by atoms with van der Waals surface area (Å²) >= 11 is 1.52. The third-order valence-corrected chi connectivity index (χ3v) is 7.00. The normalized spacial score (nSPS) is 11.1. The highest BCUT2D eigenvalue weighted by Crippen LogP contribution is 2.33. The topological polar surface area (TPSA) is 96.6 Å². The van der Waals surface area contributed by atoms with E-state index < -0.39 is 4.92 Å². The Morgan fingerprint density at radius 2 is 1.45 bits per heavy atom. The Kier molecular flexibility index (Phi) is 6.29. The van der Waals surface area contributed by atoms with Crippen molar-refractivity contribution in [1.82, 2.24) is 29.1 Å². The second-order valence-corrected chi connectivity index (χ2v) is 9.35. The van der Waals surface area contributed by atoms with Crippen LogP contribution >= 0.6 is 11.8 Å². The van der Waals surface area contributed by atoms with E-state index >= 15 is 0 Å². The summed E-state index contributed by atoms with van der Waals surface area (Å²) in [5.74, 6) is 2.09. The van der Waals surface area contributed by atoms with Gasteiger partial charge in [-0.15, -0.1) is 10.2 Å². The van der Waals surface area contributed by atoms with Gasteiger partial charge in [0.1, 0.15) is 0 Å². The number of non-ortho nitro benzene ring substituents is 1. The molecule has 9 nitrogen and oxygen atoms in total. The summed E-state index contributed by atoms with van der Waals surface area (Å²) in [7, 11) is 0. The van der Waals surface area contributed by atoms with Crippen LogP contribution in [0, 0.1) is 10.1 Å². The van der Waals surface area contributed by atoms with Crippen molar-refractivity contribution < 1.29 is 4.92 Å². The van der Waals surface area contributed by atoms with Crippen LogP contribution in [-0.2, 0) is 5.75 Å². The van der Waals surface area contributed by atoms with Crippen LogP contribution in [0.3, 0.4) is 0 Å². The van der Waals surface area contributed by atoms with E-state index in [1.165, 1.54) is 23.9 Å². The Bertz CT molecular complexity index is 1680. The van der Waals surface area contributed by atoms with Crippen LogP contribution in [0.2, 0.25) is 0 Å². The highest BCUT2D eigenvalue weighted by atomic mass is 32.2. The molecule has 0 aliphatic heterocycles. The van der Waals surface area contributed by atoms with Crippen molar-refractivity contribution in [2.45, 2.75) is 10.9 Å². The molecule has 3 heterocycles. The third kappa shape index (κ3) is 4.48. The fourth-order valence-corrected chi connectivity index (χ4v) is 5.10. The molecule has 0 aliphatic carbocycles. The Morgan fingerprint density at radius 1 is 0.789 bits per heavy atom. The molecule has 6 rings (SSSR count). The number of nitro groups is 1. The summed E-state index contributed by atoms with van der Waals surface area (Å²) in [5.41, 5.74) is 3.70. The summed E-state index contributed by atoms with van der Waals surface area (Å²) in [6, 6.07) is 30.4. The molecule has 10 heteroatoms. The largest absolute Gasteiger partial charge is 0.308 e. The van der Waals surface area contributed by atoms with Gasteiger partial charge in [0, 0.05) is 36.0 Å². The molecular weight excluding hydrogens is 498 g/mol. The highest BCUT2D eigenvalue weighted by molar-refractivity contribution is 7.98. The molecular formula is C28H21N7O2S. The van der Waals surface area contributed by atoms with Crippen molar-refractivity contribution in [2.24, 2.45) is 0 Å². The number of para-hydroxylation sites is 2. The van der Waals surface area contributed by atoms with Crippen LogP contribution in [0.15, 0.2) is 121 Å². The van der Waals surface area contributed by atoms with E-state index in [1.54, 1.807) is 12.1 Å². The zero-order chi connectivity index (χ0) is 25.9. The fourth-order valence-electron chi connectivity index (χ4n) is 4.19. The molecule has 3 aromatic heterocycles. The van der Waals surface area contributed by atoms with E-state index in [4.69, 9.17) is 5.10 Å². The van der Waals surface area contributed by atoms with E-state index in [9.17, 15) is 10.1 Å². The Hall–Kier alpha value is -4.96. The van der Waals surface area contributed by atoms with Crippen molar-refractivity contribution in [3.63, 3.8) is 0 Å². The zero-order valence-electron chi connectivity index (χ0n) is 20.0. The van der Waals surface area contributed by atoms with Gasteiger partial charge in [-0.2, -0.15) is 5.10 Å². The lowest BCUT2D eigenvalue weighted by Gasteiger charge is -2.13. The van der Waals surface area contributed by atoms with Crippen molar-refractivity contribution in [3.8, 4) is 28.6 Å². The molecule has 186 valence electrons. The molecule has 0 atom stereocenters. The molecule has 38 heavy (non-hydrogen) atoms. The predicted octanol–water partition coefficient (Wildman–Crippen LogP) is 6.11. The molecule has 0 spiro atoms. The number of aromatic nitrogens is 6. The van der Waals surface area contributed by atoms with E-state index in [-0.39, 0.29) is 5.69 Å². The Morgan fingerprint density at radius 3 is 2.11 bits per heavy atom. The fraction of sp³-hybridized carbons (Fsp3) is 0.0357. The number of benzene rings is 3. The lowest BCUT2D eigenvalue weighted by molar-refractivity contribution is -0.384. The minimum Gasteiger partial charge on any atom is -0.308 e. The molecule has 0 N–H and O–H groups in total. The second-order valence-electron chi connectivity index (χ2n) is 8.41. The third-order valence-electron chi connectivity index (χ3n) is 6.00. The van der Waals surface area contributed by atoms with Crippen LogP contribution in [-0.4, -0.2) is 34.0 Å². The molecule has 0 amide bonds. The van der Waals surface area contributed by atoms with Crippen LogP contribution in [0.5, 0.6) is 0 Å². The van der Waals surface area contributed by atoms with Gasteiger partial charge in [0.2, 0.25) is 0 Å². The molecule has 6 aromatic rings. The molecule has 0 saturated carbocycles. The van der Waals surface area contributed by atoms with E-state index in [0.29, 0.717) is 16.7 Å². The van der Waals surface area contributed by atoms with Crippen molar-refractivity contribution in [3.05, 3.63) is 131 Å². The molecule has 0 unspecified atom stereocenters. The number of nitrogens with zero attached hydrogens (tertiary/aromatic N) is 7. The van der Waals surface area contributed by atoms with Crippen LogP contribution < -0.4 is 0 Å². The minimum atomic E-state index is -0.396. The molecule has 0 fully saturated rings. The smallest absolute Gasteiger partial charge is 0.269 e. The number of hydrogen-bond acceptors (Lipinski definition) is 6.